The summed E-state index contributed by atoms with van der Waals surface area (Å²) in [7, 11) is 0. The Labute approximate surface area is 123 Å². The standard InChI is InChI=1S/C15H11IO3/c1-8(15(17)18)9-2-4-13-11(6-9)12-7-10(16)3-5-14(12)19-13/h2-8H,1H3,(H,17,18). The van der Waals surface area contributed by atoms with Crippen molar-refractivity contribution in [3.8, 4) is 0 Å². The molecule has 4 heteroatoms. The Bertz CT molecular complexity index is 789. The van der Waals surface area contributed by atoms with Crippen LogP contribution in [0.5, 0.6) is 0 Å². The predicted octanol–water partition coefficient (Wildman–Crippen LogP) is 4.38. The third-order valence-corrected chi connectivity index (χ3v) is 4.00. The van der Waals surface area contributed by atoms with Crippen LogP contribution in [0.1, 0.15) is 18.4 Å². The molecule has 0 bridgehead atoms. The minimum atomic E-state index is -0.818. The highest BCUT2D eigenvalue weighted by Gasteiger charge is 2.15. The second-order valence-corrected chi connectivity index (χ2v) is 5.80. The summed E-state index contributed by atoms with van der Waals surface area (Å²) in [6.07, 6.45) is 0. The number of halogens is 1. The van der Waals surface area contributed by atoms with E-state index in [1.807, 2.05) is 30.3 Å². The number of aliphatic carboxylic acids is 1. The summed E-state index contributed by atoms with van der Waals surface area (Å²) in [6.45, 7) is 1.69. The van der Waals surface area contributed by atoms with Gasteiger partial charge in [0.2, 0.25) is 0 Å². The van der Waals surface area contributed by atoms with E-state index in [1.165, 1.54) is 0 Å². The lowest BCUT2D eigenvalue weighted by molar-refractivity contribution is -0.138. The molecule has 3 rings (SSSR count). The van der Waals surface area contributed by atoms with Gasteiger partial charge in [-0.25, -0.2) is 0 Å². The molecule has 1 N–H and O–H groups in total. The highest BCUT2D eigenvalue weighted by atomic mass is 127. The number of rotatable bonds is 2. The summed E-state index contributed by atoms with van der Waals surface area (Å²) < 4.78 is 6.88. The average Bonchev–Trinajstić information content (AvgIpc) is 2.75. The van der Waals surface area contributed by atoms with Crippen LogP contribution < -0.4 is 0 Å². The van der Waals surface area contributed by atoms with Crippen molar-refractivity contribution < 1.29 is 14.3 Å². The smallest absolute Gasteiger partial charge is 0.310 e. The number of carboxylic acid groups (broad SMARTS) is 1. The second kappa shape index (κ2) is 4.52. The molecule has 19 heavy (non-hydrogen) atoms. The summed E-state index contributed by atoms with van der Waals surface area (Å²) in [5.74, 6) is -1.33. The van der Waals surface area contributed by atoms with Crippen LogP contribution in [0.3, 0.4) is 0 Å². The van der Waals surface area contributed by atoms with Crippen molar-refractivity contribution in [2.45, 2.75) is 12.8 Å². The topological polar surface area (TPSA) is 50.4 Å². The van der Waals surface area contributed by atoms with Gasteiger partial charge in [-0.2, -0.15) is 0 Å². The third kappa shape index (κ3) is 2.10. The fourth-order valence-corrected chi connectivity index (χ4v) is 2.67. The molecule has 0 fully saturated rings. The van der Waals surface area contributed by atoms with Crippen LogP contribution in [0.25, 0.3) is 21.9 Å². The molecule has 0 aliphatic rings. The maximum absolute atomic E-state index is 11.1. The van der Waals surface area contributed by atoms with Gasteiger partial charge in [0.05, 0.1) is 5.92 Å². The molecule has 1 heterocycles. The van der Waals surface area contributed by atoms with E-state index in [9.17, 15) is 4.79 Å². The van der Waals surface area contributed by atoms with Gasteiger partial charge in [-0.3, -0.25) is 4.79 Å². The Morgan fingerprint density at radius 1 is 1.16 bits per heavy atom. The molecule has 2 aromatic carbocycles. The van der Waals surface area contributed by atoms with Crippen molar-refractivity contribution in [3.05, 3.63) is 45.5 Å². The Hall–Kier alpha value is -1.56. The van der Waals surface area contributed by atoms with Crippen molar-refractivity contribution >= 4 is 50.5 Å². The van der Waals surface area contributed by atoms with E-state index in [0.29, 0.717) is 0 Å². The monoisotopic (exact) mass is 366 g/mol. The first kappa shape index (κ1) is 12.5. The van der Waals surface area contributed by atoms with Gasteiger partial charge in [-0.1, -0.05) is 6.07 Å². The van der Waals surface area contributed by atoms with Gasteiger partial charge in [-0.05, 0) is 65.4 Å². The zero-order valence-electron chi connectivity index (χ0n) is 10.2. The molecular weight excluding hydrogens is 355 g/mol. The van der Waals surface area contributed by atoms with E-state index < -0.39 is 11.9 Å². The number of carbonyl (C=O) groups is 1. The molecule has 1 aromatic heterocycles. The molecule has 96 valence electrons. The third-order valence-electron chi connectivity index (χ3n) is 3.33. The largest absolute Gasteiger partial charge is 0.481 e. The fourth-order valence-electron chi connectivity index (χ4n) is 2.18. The van der Waals surface area contributed by atoms with Crippen molar-refractivity contribution in [2.24, 2.45) is 0 Å². The van der Waals surface area contributed by atoms with Crippen molar-refractivity contribution in [2.75, 3.05) is 0 Å². The summed E-state index contributed by atoms with van der Waals surface area (Å²) in [4.78, 5) is 11.1. The number of benzene rings is 2. The first-order valence-electron chi connectivity index (χ1n) is 5.91. The van der Waals surface area contributed by atoms with Crippen molar-refractivity contribution in [1.29, 1.82) is 0 Å². The van der Waals surface area contributed by atoms with E-state index >= 15 is 0 Å². The molecule has 0 spiro atoms. The number of hydrogen-bond donors (Lipinski definition) is 1. The van der Waals surface area contributed by atoms with E-state index in [-0.39, 0.29) is 0 Å². The van der Waals surface area contributed by atoms with Gasteiger partial charge < -0.3 is 9.52 Å². The minimum Gasteiger partial charge on any atom is -0.481 e. The molecule has 0 saturated heterocycles. The van der Waals surface area contributed by atoms with E-state index in [1.54, 1.807) is 6.92 Å². The van der Waals surface area contributed by atoms with Crippen LogP contribution in [0.4, 0.5) is 0 Å². The Morgan fingerprint density at radius 2 is 1.79 bits per heavy atom. The predicted molar refractivity (Wildman–Crippen MR) is 82.5 cm³/mol. The first-order valence-corrected chi connectivity index (χ1v) is 6.98. The number of hydrogen-bond acceptors (Lipinski definition) is 2. The minimum absolute atomic E-state index is 0.517. The number of furan rings is 1. The Morgan fingerprint density at radius 3 is 2.47 bits per heavy atom. The van der Waals surface area contributed by atoms with Crippen molar-refractivity contribution in [3.63, 3.8) is 0 Å². The van der Waals surface area contributed by atoms with Crippen LogP contribution in [-0.4, -0.2) is 11.1 Å². The fraction of sp³-hybridized carbons (Fsp3) is 0.133. The lowest BCUT2D eigenvalue weighted by Gasteiger charge is -2.05. The van der Waals surface area contributed by atoms with Crippen LogP contribution in [0, 0.1) is 3.57 Å². The normalized spacial score (nSPS) is 12.9. The highest BCUT2D eigenvalue weighted by Crippen LogP contribution is 2.32. The molecule has 1 unspecified atom stereocenters. The molecule has 0 saturated carbocycles. The van der Waals surface area contributed by atoms with Crippen LogP contribution >= 0.6 is 22.6 Å². The van der Waals surface area contributed by atoms with Crippen LogP contribution in [0.2, 0.25) is 0 Å². The SMILES string of the molecule is CC(C(=O)O)c1ccc2oc3ccc(I)cc3c2c1. The molecule has 0 amide bonds. The van der Waals surface area contributed by atoms with Gasteiger partial charge in [-0.15, -0.1) is 0 Å². The Kier molecular flexibility index (Phi) is 2.97. The lowest BCUT2D eigenvalue weighted by atomic mass is 9.99. The van der Waals surface area contributed by atoms with Gasteiger partial charge >= 0.3 is 5.97 Å². The summed E-state index contributed by atoms with van der Waals surface area (Å²) in [5.41, 5.74) is 2.41. The summed E-state index contributed by atoms with van der Waals surface area (Å²) in [5, 5.41) is 11.1. The maximum atomic E-state index is 11.1. The zero-order valence-corrected chi connectivity index (χ0v) is 12.3. The molecule has 0 radical (unpaired) electrons. The summed E-state index contributed by atoms with van der Waals surface area (Å²) >= 11 is 2.26. The van der Waals surface area contributed by atoms with E-state index in [0.717, 1.165) is 31.1 Å². The number of fused-ring (bicyclic) bond motifs is 3. The molecule has 1 atom stereocenters. The first-order chi connectivity index (χ1) is 9.06. The van der Waals surface area contributed by atoms with Gasteiger partial charge in [0.25, 0.3) is 0 Å². The van der Waals surface area contributed by atoms with E-state index in [4.69, 9.17) is 9.52 Å². The van der Waals surface area contributed by atoms with Gasteiger partial charge in [0, 0.05) is 14.3 Å². The average molecular weight is 366 g/mol. The van der Waals surface area contributed by atoms with E-state index in [2.05, 4.69) is 28.7 Å². The second-order valence-electron chi connectivity index (χ2n) is 4.56. The van der Waals surface area contributed by atoms with Crippen LogP contribution in [0.15, 0.2) is 40.8 Å². The highest BCUT2D eigenvalue weighted by molar-refractivity contribution is 14.1. The van der Waals surface area contributed by atoms with Crippen LogP contribution in [-0.2, 0) is 4.79 Å². The molecule has 3 nitrogen and oxygen atoms in total. The zero-order chi connectivity index (χ0) is 13.6. The molecule has 0 aliphatic heterocycles. The quantitative estimate of drug-likeness (QED) is 0.685. The van der Waals surface area contributed by atoms with Crippen molar-refractivity contribution in [1.82, 2.24) is 0 Å². The molecule has 3 aromatic rings. The molecular formula is C15H11IO3. The number of carboxylic acids is 1. The Balaban J connectivity index is 2.28. The molecule has 0 aliphatic carbocycles. The maximum Gasteiger partial charge on any atom is 0.310 e. The van der Waals surface area contributed by atoms with Gasteiger partial charge in [0.1, 0.15) is 11.2 Å². The lowest BCUT2D eigenvalue weighted by Crippen LogP contribution is -2.06. The van der Waals surface area contributed by atoms with Gasteiger partial charge in [0.15, 0.2) is 0 Å². The summed E-state index contributed by atoms with van der Waals surface area (Å²) in [6, 6.07) is 11.6.